The molecule has 0 unspecified atom stereocenters. The number of rotatable bonds is 3. The van der Waals surface area contributed by atoms with Gasteiger partial charge in [0.25, 0.3) is 5.56 Å². The zero-order chi connectivity index (χ0) is 11.7. The van der Waals surface area contributed by atoms with E-state index in [4.69, 9.17) is 0 Å². The van der Waals surface area contributed by atoms with Gasteiger partial charge in [-0.2, -0.15) is 5.10 Å². The monoisotopic (exact) mass is 220 g/mol. The van der Waals surface area contributed by atoms with Gasteiger partial charge in [-0.05, 0) is 19.8 Å². The number of aromatic amines is 1. The number of hydrogen-bond acceptors (Lipinski definition) is 3. The van der Waals surface area contributed by atoms with Crippen LogP contribution in [0.5, 0.6) is 0 Å². The third-order valence-corrected chi connectivity index (χ3v) is 2.99. The Morgan fingerprint density at radius 3 is 2.75 bits per heavy atom. The summed E-state index contributed by atoms with van der Waals surface area (Å²) < 4.78 is 1.67. The van der Waals surface area contributed by atoms with Crippen molar-refractivity contribution in [2.75, 3.05) is 0 Å². The maximum atomic E-state index is 11.7. The molecular weight excluding hydrogens is 204 g/mol. The van der Waals surface area contributed by atoms with Crippen molar-refractivity contribution in [3.8, 4) is 0 Å². The van der Waals surface area contributed by atoms with E-state index in [-0.39, 0.29) is 5.56 Å². The van der Waals surface area contributed by atoms with Crippen molar-refractivity contribution in [2.24, 2.45) is 0 Å². The van der Waals surface area contributed by atoms with Crippen molar-refractivity contribution < 1.29 is 0 Å². The van der Waals surface area contributed by atoms with Crippen LogP contribution in [-0.2, 0) is 0 Å². The largest absolute Gasteiger partial charge is 0.310 e. The first-order valence-electron chi connectivity index (χ1n) is 5.61. The lowest BCUT2D eigenvalue weighted by Crippen LogP contribution is -2.13. The van der Waals surface area contributed by atoms with Crippen LogP contribution >= 0.6 is 0 Å². The number of aromatic nitrogens is 4. The van der Waals surface area contributed by atoms with Gasteiger partial charge in [-0.25, -0.2) is 9.50 Å². The quantitative estimate of drug-likeness (QED) is 0.855. The molecule has 2 aromatic heterocycles. The van der Waals surface area contributed by atoms with Crippen molar-refractivity contribution in [3.63, 3.8) is 0 Å². The molecule has 0 bridgehead atoms. The number of aryl methyl sites for hydroxylation is 1. The Labute approximate surface area is 93.5 Å². The SMILES string of the molecule is CCC(CC)c1nc(C)c2c(=O)[nH]cnn12. The Kier molecular flexibility index (Phi) is 2.77. The smallest absolute Gasteiger partial charge is 0.277 e. The molecule has 5 heteroatoms. The van der Waals surface area contributed by atoms with E-state index in [2.05, 4.69) is 28.9 Å². The summed E-state index contributed by atoms with van der Waals surface area (Å²) in [7, 11) is 0. The lowest BCUT2D eigenvalue weighted by Gasteiger charge is -2.09. The molecule has 0 aromatic carbocycles. The van der Waals surface area contributed by atoms with E-state index in [9.17, 15) is 4.79 Å². The number of nitrogens with one attached hydrogen (secondary N) is 1. The molecule has 0 saturated heterocycles. The summed E-state index contributed by atoms with van der Waals surface area (Å²) in [4.78, 5) is 18.7. The number of nitrogens with zero attached hydrogens (tertiary/aromatic N) is 3. The molecule has 0 aliphatic heterocycles. The van der Waals surface area contributed by atoms with Crippen molar-refractivity contribution in [2.45, 2.75) is 39.5 Å². The second-order valence-electron chi connectivity index (χ2n) is 3.95. The van der Waals surface area contributed by atoms with Crippen LogP contribution in [0.4, 0.5) is 0 Å². The molecule has 0 spiro atoms. The average molecular weight is 220 g/mol. The van der Waals surface area contributed by atoms with Gasteiger partial charge in [0.1, 0.15) is 12.2 Å². The summed E-state index contributed by atoms with van der Waals surface area (Å²) >= 11 is 0. The Morgan fingerprint density at radius 1 is 1.44 bits per heavy atom. The first-order chi connectivity index (χ1) is 7.69. The third kappa shape index (κ3) is 1.52. The van der Waals surface area contributed by atoms with Gasteiger partial charge in [-0.15, -0.1) is 0 Å². The zero-order valence-corrected chi connectivity index (χ0v) is 9.82. The number of hydrogen-bond donors (Lipinski definition) is 1. The van der Waals surface area contributed by atoms with E-state index in [0.29, 0.717) is 11.4 Å². The maximum absolute atomic E-state index is 11.7. The predicted octanol–water partition coefficient (Wildman–Crippen LogP) is 1.63. The highest BCUT2D eigenvalue weighted by atomic mass is 16.1. The van der Waals surface area contributed by atoms with E-state index in [1.165, 1.54) is 6.33 Å². The molecular formula is C11H16N4O. The molecule has 2 heterocycles. The van der Waals surface area contributed by atoms with E-state index in [1.54, 1.807) is 4.52 Å². The first kappa shape index (κ1) is 10.9. The minimum atomic E-state index is -0.128. The van der Waals surface area contributed by atoms with Crippen LogP contribution in [0.15, 0.2) is 11.1 Å². The molecule has 0 fully saturated rings. The van der Waals surface area contributed by atoms with Gasteiger partial charge in [0, 0.05) is 5.92 Å². The van der Waals surface area contributed by atoms with Crippen LogP contribution in [0, 0.1) is 6.92 Å². The van der Waals surface area contributed by atoms with Gasteiger partial charge in [0.05, 0.1) is 5.69 Å². The van der Waals surface area contributed by atoms with E-state index in [1.807, 2.05) is 6.92 Å². The average Bonchev–Trinajstić information content (AvgIpc) is 2.60. The topological polar surface area (TPSA) is 63.0 Å². The Hall–Kier alpha value is -1.65. The van der Waals surface area contributed by atoms with Crippen LogP contribution in [-0.4, -0.2) is 19.6 Å². The van der Waals surface area contributed by atoms with Gasteiger partial charge in [-0.3, -0.25) is 4.79 Å². The van der Waals surface area contributed by atoms with Crippen LogP contribution in [0.2, 0.25) is 0 Å². The third-order valence-electron chi connectivity index (χ3n) is 2.99. The lowest BCUT2D eigenvalue weighted by atomic mass is 10.0. The van der Waals surface area contributed by atoms with Gasteiger partial charge < -0.3 is 4.98 Å². The van der Waals surface area contributed by atoms with E-state index >= 15 is 0 Å². The summed E-state index contributed by atoms with van der Waals surface area (Å²) in [6.45, 7) is 6.09. The van der Waals surface area contributed by atoms with Crippen molar-refractivity contribution in [1.82, 2.24) is 19.6 Å². The molecule has 16 heavy (non-hydrogen) atoms. The highest BCUT2D eigenvalue weighted by molar-refractivity contribution is 5.49. The number of H-pyrrole nitrogens is 1. The number of fused-ring (bicyclic) bond motifs is 1. The van der Waals surface area contributed by atoms with Gasteiger partial charge in [-0.1, -0.05) is 13.8 Å². The molecule has 86 valence electrons. The Morgan fingerprint density at radius 2 is 2.12 bits per heavy atom. The predicted molar refractivity (Wildman–Crippen MR) is 61.7 cm³/mol. The molecule has 2 rings (SSSR count). The van der Waals surface area contributed by atoms with Gasteiger partial charge >= 0.3 is 0 Å². The Balaban J connectivity index is 2.73. The summed E-state index contributed by atoms with van der Waals surface area (Å²) in [6, 6.07) is 0. The zero-order valence-electron chi connectivity index (χ0n) is 9.82. The second kappa shape index (κ2) is 4.08. The minimum Gasteiger partial charge on any atom is -0.310 e. The fourth-order valence-electron chi connectivity index (χ4n) is 2.05. The molecule has 0 atom stereocenters. The fourth-order valence-corrected chi connectivity index (χ4v) is 2.05. The first-order valence-corrected chi connectivity index (χ1v) is 5.61. The summed E-state index contributed by atoms with van der Waals surface area (Å²) in [5.74, 6) is 1.25. The maximum Gasteiger partial charge on any atom is 0.277 e. The molecule has 0 aliphatic rings. The van der Waals surface area contributed by atoms with Crippen molar-refractivity contribution >= 4 is 5.52 Å². The summed E-state index contributed by atoms with van der Waals surface area (Å²) in [5, 5.41) is 4.18. The second-order valence-corrected chi connectivity index (χ2v) is 3.95. The normalized spacial score (nSPS) is 11.5. The minimum absolute atomic E-state index is 0.128. The van der Waals surface area contributed by atoms with E-state index < -0.39 is 0 Å². The summed E-state index contributed by atoms with van der Waals surface area (Å²) in [6.07, 6.45) is 3.43. The van der Waals surface area contributed by atoms with Crippen LogP contribution in [0.1, 0.15) is 44.1 Å². The molecule has 2 aromatic rings. The molecule has 0 amide bonds. The van der Waals surface area contributed by atoms with Crippen molar-refractivity contribution in [3.05, 3.63) is 28.2 Å². The molecule has 5 nitrogen and oxygen atoms in total. The standard InChI is InChI=1S/C11H16N4O/c1-4-8(5-2)10-14-7(3)9-11(16)12-6-13-15(9)10/h6,8H,4-5H2,1-3H3,(H,12,13,16). The van der Waals surface area contributed by atoms with E-state index in [0.717, 1.165) is 24.4 Å². The highest BCUT2D eigenvalue weighted by Gasteiger charge is 2.17. The fraction of sp³-hybridized carbons (Fsp3) is 0.545. The molecule has 1 N–H and O–H groups in total. The molecule has 0 radical (unpaired) electrons. The van der Waals surface area contributed by atoms with Crippen LogP contribution in [0.3, 0.4) is 0 Å². The summed E-state index contributed by atoms with van der Waals surface area (Å²) in [5.41, 5.74) is 1.18. The van der Waals surface area contributed by atoms with Gasteiger partial charge in [0.15, 0.2) is 5.52 Å². The number of imidazole rings is 1. The Bertz CT molecular complexity index is 551. The van der Waals surface area contributed by atoms with Crippen molar-refractivity contribution in [1.29, 1.82) is 0 Å². The van der Waals surface area contributed by atoms with Crippen LogP contribution < -0.4 is 5.56 Å². The highest BCUT2D eigenvalue weighted by Crippen LogP contribution is 2.22. The molecule has 0 saturated carbocycles. The molecule has 0 aliphatic carbocycles. The van der Waals surface area contributed by atoms with Gasteiger partial charge in [0.2, 0.25) is 0 Å². The lowest BCUT2D eigenvalue weighted by molar-refractivity contribution is 0.583. The van der Waals surface area contributed by atoms with Crippen LogP contribution in [0.25, 0.3) is 5.52 Å².